The lowest BCUT2D eigenvalue weighted by Gasteiger charge is -2.15. The first-order chi connectivity index (χ1) is 51.4. The third-order valence-corrected chi connectivity index (χ3v) is 13.4. The number of rotatable bonds is 32. The van der Waals surface area contributed by atoms with E-state index in [4.69, 9.17) is 45.4 Å². The van der Waals surface area contributed by atoms with E-state index in [-0.39, 0.29) is 56.5 Å². The number of esters is 3. The highest BCUT2D eigenvalue weighted by Crippen LogP contribution is 2.17. The second-order valence-corrected chi connectivity index (χ2v) is 23.5. The van der Waals surface area contributed by atoms with Crippen LogP contribution >= 0.6 is 0 Å². The van der Waals surface area contributed by atoms with E-state index in [1.54, 1.807) is 34.6 Å². The molecule has 2 radical (unpaired) electrons. The molecule has 4 aromatic carbocycles. The molecule has 0 spiro atoms. The van der Waals surface area contributed by atoms with Crippen molar-refractivity contribution in [3.05, 3.63) is 144 Å². The number of ether oxygens (including phenoxy) is 4. The van der Waals surface area contributed by atoms with Crippen LogP contribution in [0.1, 0.15) is 182 Å². The SMILES string of the molecule is C.C/C(CCC(=O)NCc1ccccc1)=N/O.CC(CCCN)NC(=O)C(F)(F)F.CC(CCCNCc1ccccc1)NC(=O)C(F)(F)F.CC(N)CCCNCc1ccccc1.CCOC(=O)C(F)(F)F.CCOC(=O)CC/C(C)=N\O.CCOC(=O)CCC(C)=O.NCc1ccccc1.NO.[B]C1CCCO1. The van der Waals surface area contributed by atoms with Crippen LogP contribution in [-0.2, 0) is 78.7 Å². The maximum Gasteiger partial charge on any atom is 0.490 e. The normalized spacial score (nSPS) is 12.7. The first-order valence-corrected chi connectivity index (χ1v) is 35.2. The molecule has 4 atom stereocenters. The molecule has 4 unspecified atom stereocenters. The second kappa shape index (κ2) is 73.2. The summed E-state index contributed by atoms with van der Waals surface area (Å²) in [6, 6.07) is 39.4. The van der Waals surface area contributed by atoms with Gasteiger partial charge in [-0.1, -0.05) is 139 Å². The molecule has 1 heterocycles. The maximum atomic E-state index is 12.0. The van der Waals surface area contributed by atoms with Crippen LogP contribution in [-0.4, -0.2) is 165 Å². The fourth-order valence-electron chi connectivity index (χ4n) is 7.66. The van der Waals surface area contributed by atoms with Gasteiger partial charge in [-0.15, -0.1) is 0 Å². The van der Waals surface area contributed by atoms with Gasteiger partial charge >= 0.3 is 48.3 Å². The molecule has 0 bridgehead atoms. The van der Waals surface area contributed by atoms with Crippen molar-refractivity contribution in [1.29, 1.82) is 0 Å². The van der Waals surface area contributed by atoms with E-state index in [1.807, 2.05) is 108 Å². The Morgan fingerprint density at radius 3 is 1.19 bits per heavy atom. The number of nitrogens with zero attached hydrogens (tertiary/aromatic N) is 2. The molecule has 0 aliphatic carbocycles. The topological polar surface area (TPSA) is 406 Å². The minimum Gasteiger partial charge on any atom is -0.466 e. The summed E-state index contributed by atoms with van der Waals surface area (Å²) in [7, 11) is 5.31. The number of carbonyl (C=O) groups is 7. The molecule has 626 valence electrons. The van der Waals surface area contributed by atoms with Gasteiger partial charge in [0.15, 0.2) is 0 Å². The first-order valence-electron chi connectivity index (χ1n) is 35.2. The number of oxime groups is 2. The van der Waals surface area contributed by atoms with E-state index >= 15 is 0 Å². The Hall–Kier alpha value is -8.58. The standard InChI is InChI=1S/C14H19F3N2O.C12H16N2O2.C12H20N2.C7H13F3N2O.C7H13NO3.C7H9N.C7H12O3.C4H7BO.C4H5F3O2.CH4.H3NO/c1-11(19-13(20)14(15,16)17)6-5-9-18-10-12-7-3-2-4-8-12;1-10(14-16)7-8-12(15)13-9-11-5-3-2-4-6-11;1-11(13)6-5-9-14-10-12-7-3-2-4-8-12;1-5(3-2-4-11)12-6(13)7(8,9)10;1-3-11-7(9)5-4-6(2)8-10;8-6-7-4-2-1-3-5-7;1-3-10-7(9)5-4-6(2)8;5-4-2-1-3-6-4;1-2-9-3(8)4(5,6)7;;1-2/h2-4,7-8,11,18H,5-6,9-10H2,1H3,(H,19,20);2-6,16H,7-9H2,1H3,(H,13,15);2-4,7-8,11,14H,5-6,9-10,13H2,1H3;5H,2-4,11H2,1H3,(H,12,13);10H,3-5H2,1-2H3;1-5H,6,8H2;3-5H2,1-2H3;4H,1-3H2;2H2,1H3;1H4;2H,1H2/b;14-10-;;;8-6-;;;;;;. The molecule has 1 fully saturated rings. The number of halogens is 9. The van der Waals surface area contributed by atoms with Gasteiger partial charge in [-0.2, -0.15) is 39.5 Å². The zero-order chi connectivity index (χ0) is 83.9. The predicted octanol–water partition coefficient (Wildman–Crippen LogP) is 11.9. The number of amides is 3. The number of hydrogen-bond donors (Lipinski definition) is 12. The molecule has 0 saturated carbocycles. The van der Waals surface area contributed by atoms with Crippen LogP contribution in [0.5, 0.6) is 0 Å². The Bertz CT molecular complexity index is 2970. The van der Waals surface area contributed by atoms with Gasteiger partial charge in [-0.3, -0.25) is 24.0 Å². The van der Waals surface area contributed by atoms with Crippen molar-refractivity contribution < 1.29 is 108 Å². The van der Waals surface area contributed by atoms with E-state index < -0.39 is 48.4 Å². The molecular weight excluding hydrogens is 1460 g/mol. The van der Waals surface area contributed by atoms with Crippen molar-refractivity contribution in [1.82, 2.24) is 26.6 Å². The van der Waals surface area contributed by atoms with Gasteiger partial charge in [0.1, 0.15) is 13.6 Å². The van der Waals surface area contributed by atoms with Crippen LogP contribution in [0, 0.1) is 0 Å². The molecule has 0 aromatic heterocycles. The summed E-state index contributed by atoms with van der Waals surface area (Å²) in [5.41, 5.74) is 22.0. The number of ketones is 1. The lowest BCUT2D eigenvalue weighted by molar-refractivity contribution is -0.199. The fourth-order valence-corrected chi connectivity index (χ4v) is 7.66. The minimum atomic E-state index is -4.85. The monoisotopic (exact) mass is 1580 g/mol. The number of nitrogens with one attached hydrogen (secondary N) is 5. The molecule has 3 amide bonds. The second-order valence-electron chi connectivity index (χ2n) is 23.5. The Morgan fingerprint density at radius 2 is 0.900 bits per heavy atom. The molecule has 1 saturated heterocycles. The van der Waals surface area contributed by atoms with Crippen LogP contribution in [0.25, 0.3) is 0 Å². The van der Waals surface area contributed by atoms with Crippen LogP contribution in [0.3, 0.4) is 0 Å². The van der Waals surface area contributed by atoms with Crippen LogP contribution in [0.4, 0.5) is 39.5 Å². The van der Waals surface area contributed by atoms with Gasteiger partial charge in [-0.05, 0) is 168 Å². The van der Waals surface area contributed by atoms with Gasteiger partial charge in [0, 0.05) is 69.8 Å². The quantitative estimate of drug-likeness (QED) is 0.00316. The summed E-state index contributed by atoms with van der Waals surface area (Å²) in [6.45, 7) is 21.1. The molecule has 35 heteroatoms. The zero-order valence-electron chi connectivity index (χ0n) is 64.0. The Balaban J connectivity index is -0.000000280. The van der Waals surface area contributed by atoms with Gasteiger partial charge in [0.05, 0.1) is 44.1 Å². The van der Waals surface area contributed by atoms with E-state index in [2.05, 4.69) is 77.6 Å². The van der Waals surface area contributed by atoms with Gasteiger partial charge in [0.25, 0.3) is 0 Å². The summed E-state index contributed by atoms with van der Waals surface area (Å²) < 4.78 is 122. The molecule has 5 rings (SSSR count). The van der Waals surface area contributed by atoms with Gasteiger partial charge in [0.2, 0.25) is 5.91 Å². The lowest BCUT2D eigenvalue weighted by atomic mass is 9.98. The summed E-state index contributed by atoms with van der Waals surface area (Å²) >= 11 is 0. The fraction of sp³-hybridized carbons (Fsp3) is 0.560. The summed E-state index contributed by atoms with van der Waals surface area (Å²) in [4.78, 5) is 73.8. The Morgan fingerprint density at radius 1 is 0.536 bits per heavy atom. The van der Waals surface area contributed by atoms with E-state index in [9.17, 15) is 73.1 Å². The zero-order valence-corrected chi connectivity index (χ0v) is 64.0. The van der Waals surface area contributed by atoms with Crippen molar-refractivity contribution in [3.8, 4) is 0 Å². The van der Waals surface area contributed by atoms with Crippen molar-refractivity contribution in [2.24, 2.45) is 33.4 Å². The third-order valence-electron chi connectivity index (χ3n) is 13.4. The molecule has 110 heavy (non-hydrogen) atoms. The van der Waals surface area contributed by atoms with Crippen LogP contribution in [0.15, 0.2) is 132 Å². The molecule has 25 nitrogen and oxygen atoms in total. The average Bonchev–Trinajstić information content (AvgIpc) is 0.932. The Kier molecular flexibility index (Phi) is 74.8. The highest BCUT2D eigenvalue weighted by molar-refractivity contribution is 6.11. The highest BCUT2D eigenvalue weighted by Gasteiger charge is 2.41. The Labute approximate surface area is 644 Å². The average molecular weight is 1580 g/mol. The number of benzene rings is 4. The lowest BCUT2D eigenvalue weighted by Crippen LogP contribution is -2.42. The molecular formula is C75H121BF9N11O14. The highest BCUT2D eigenvalue weighted by atomic mass is 19.4. The van der Waals surface area contributed by atoms with Crippen molar-refractivity contribution in [2.75, 3.05) is 46.1 Å². The molecule has 16 N–H and O–H groups in total. The predicted molar refractivity (Wildman–Crippen MR) is 408 cm³/mol. The molecule has 1 aliphatic heterocycles. The maximum absolute atomic E-state index is 12.0. The molecule has 4 aromatic rings. The smallest absolute Gasteiger partial charge is 0.466 e. The van der Waals surface area contributed by atoms with Gasteiger partial charge in [-0.25, -0.2) is 10.7 Å². The van der Waals surface area contributed by atoms with Gasteiger partial charge < -0.3 is 83.1 Å². The number of carbonyl (C=O) groups excluding carboxylic acids is 7. The number of alkyl halides is 9. The minimum absolute atomic E-state index is 0. The third kappa shape index (κ3) is 77.6. The first kappa shape index (κ1) is 112. The van der Waals surface area contributed by atoms with E-state index in [0.29, 0.717) is 108 Å². The number of nitrogens with two attached hydrogens (primary N) is 4. The van der Waals surface area contributed by atoms with E-state index in [1.165, 1.54) is 31.9 Å². The summed E-state index contributed by atoms with van der Waals surface area (Å²) in [6.07, 6.45) is -5.69. The van der Waals surface area contributed by atoms with Crippen LogP contribution < -0.4 is 49.7 Å². The van der Waals surface area contributed by atoms with Crippen LogP contribution in [0.2, 0.25) is 0 Å². The van der Waals surface area contributed by atoms with E-state index in [0.717, 1.165) is 63.1 Å². The van der Waals surface area contributed by atoms with Crippen molar-refractivity contribution in [3.63, 3.8) is 0 Å². The van der Waals surface area contributed by atoms with Crippen molar-refractivity contribution in [2.45, 2.75) is 228 Å². The summed E-state index contributed by atoms with van der Waals surface area (Å²) in [5.74, 6) is -2.96. The van der Waals surface area contributed by atoms with Crippen molar-refractivity contribution >= 4 is 60.7 Å². The molecule has 1 aliphatic rings. The largest absolute Gasteiger partial charge is 0.490 e. The number of Topliss-reactive ketones (excluding diaryl/α,β-unsaturated/α-hetero) is 1. The summed E-state index contributed by atoms with van der Waals surface area (Å²) in [5, 5.41) is 42.3. The number of hydrogen-bond acceptors (Lipinski definition) is 22.